The third-order valence-corrected chi connectivity index (χ3v) is 7.42. The molecule has 4 rings (SSSR count). The number of para-hydroxylation sites is 1. The number of thiazole rings is 1. The summed E-state index contributed by atoms with van der Waals surface area (Å²) in [5.41, 5.74) is 1.43. The van der Waals surface area contributed by atoms with Crippen molar-refractivity contribution in [2.45, 2.75) is 32.1 Å². The number of carbonyl (C=O) groups is 2. The summed E-state index contributed by atoms with van der Waals surface area (Å²) in [5.74, 6) is -3.75. The predicted molar refractivity (Wildman–Crippen MR) is 148 cm³/mol. The van der Waals surface area contributed by atoms with Gasteiger partial charge in [0.05, 0.1) is 19.9 Å². The second kappa shape index (κ2) is 13.5. The van der Waals surface area contributed by atoms with Crippen LogP contribution in [-0.4, -0.2) is 49.4 Å². The Morgan fingerprint density at radius 3 is 2.58 bits per heavy atom. The molecule has 2 aromatic carbocycles. The van der Waals surface area contributed by atoms with Crippen molar-refractivity contribution in [3.8, 4) is 17.0 Å². The Labute approximate surface area is 234 Å². The lowest BCUT2D eigenvalue weighted by molar-refractivity contribution is -0.135. The molecule has 0 saturated heterocycles. The van der Waals surface area contributed by atoms with Crippen LogP contribution >= 0.6 is 11.3 Å². The van der Waals surface area contributed by atoms with E-state index >= 15 is 0 Å². The second-order valence-corrected chi connectivity index (χ2v) is 10.2. The van der Waals surface area contributed by atoms with Gasteiger partial charge in [-0.2, -0.15) is 0 Å². The third kappa shape index (κ3) is 7.02. The van der Waals surface area contributed by atoms with Crippen molar-refractivity contribution in [3.05, 3.63) is 69.8 Å². The van der Waals surface area contributed by atoms with Gasteiger partial charge in [0.1, 0.15) is 17.4 Å². The first-order valence-electron chi connectivity index (χ1n) is 12.8. The molecule has 1 heterocycles. The number of nitrogens with zero attached hydrogens (tertiary/aromatic N) is 1. The SMILES string of the molecule is CO/C(=C/c1c(F)cc(C(=O)Nc2nc(-c3cccc(CCCOCC4CCC4)c3OC)cs2)cc1F)C(=O)O. The van der Waals surface area contributed by atoms with E-state index in [4.69, 9.17) is 14.6 Å². The normalized spacial score (nSPS) is 13.6. The summed E-state index contributed by atoms with van der Waals surface area (Å²) < 4.78 is 45.2. The Morgan fingerprint density at radius 1 is 1.20 bits per heavy atom. The fourth-order valence-electron chi connectivity index (χ4n) is 4.32. The molecule has 11 heteroatoms. The molecule has 0 bridgehead atoms. The van der Waals surface area contributed by atoms with E-state index in [2.05, 4.69) is 15.0 Å². The summed E-state index contributed by atoms with van der Waals surface area (Å²) in [7, 11) is 2.66. The van der Waals surface area contributed by atoms with Gasteiger partial charge in [0.15, 0.2) is 5.13 Å². The summed E-state index contributed by atoms with van der Waals surface area (Å²) in [6, 6.07) is 7.42. The van der Waals surface area contributed by atoms with Crippen molar-refractivity contribution in [3.63, 3.8) is 0 Å². The van der Waals surface area contributed by atoms with E-state index in [0.717, 1.165) is 61.2 Å². The first-order valence-corrected chi connectivity index (χ1v) is 13.7. The fraction of sp³-hybridized carbons (Fsp3) is 0.345. The molecule has 0 radical (unpaired) electrons. The Kier molecular flexibility index (Phi) is 9.84. The quantitative estimate of drug-likeness (QED) is 0.143. The highest BCUT2D eigenvalue weighted by molar-refractivity contribution is 7.14. The lowest BCUT2D eigenvalue weighted by Gasteiger charge is -2.24. The summed E-state index contributed by atoms with van der Waals surface area (Å²) in [5, 5.41) is 13.6. The number of amides is 1. The minimum absolute atomic E-state index is 0.231. The molecule has 0 spiro atoms. The van der Waals surface area contributed by atoms with Crippen LogP contribution in [-0.2, 0) is 20.7 Å². The molecule has 1 saturated carbocycles. The van der Waals surface area contributed by atoms with E-state index < -0.39 is 34.8 Å². The Morgan fingerprint density at radius 2 is 1.95 bits per heavy atom. The smallest absolute Gasteiger partial charge is 0.371 e. The average molecular weight is 573 g/mol. The third-order valence-electron chi connectivity index (χ3n) is 6.66. The Hall–Kier alpha value is -3.83. The van der Waals surface area contributed by atoms with E-state index in [1.807, 2.05) is 18.2 Å². The van der Waals surface area contributed by atoms with Crippen molar-refractivity contribution in [1.29, 1.82) is 0 Å². The minimum atomic E-state index is -1.49. The van der Waals surface area contributed by atoms with Crippen LogP contribution in [0.25, 0.3) is 17.3 Å². The van der Waals surface area contributed by atoms with Crippen molar-refractivity contribution in [1.82, 2.24) is 4.98 Å². The lowest BCUT2D eigenvalue weighted by atomic mass is 9.86. The van der Waals surface area contributed by atoms with E-state index in [1.54, 1.807) is 12.5 Å². The molecule has 40 heavy (non-hydrogen) atoms. The van der Waals surface area contributed by atoms with Gasteiger partial charge in [-0.1, -0.05) is 18.6 Å². The number of carboxylic acid groups (broad SMARTS) is 1. The van der Waals surface area contributed by atoms with E-state index in [-0.39, 0.29) is 10.7 Å². The number of aryl methyl sites for hydroxylation is 1. The fourth-order valence-corrected chi connectivity index (χ4v) is 5.02. The zero-order valence-electron chi connectivity index (χ0n) is 22.2. The van der Waals surface area contributed by atoms with Crippen LogP contribution in [0.3, 0.4) is 0 Å². The van der Waals surface area contributed by atoms with Crippen LogP contribution in [0.4, 0.5) is 13.9 Å². The van der Waals surface area contributed by atoms with Crippen LogP contribution in [0.5, 0.6) is 5.75 Å². The van der Waals surface area contributed by atoms with E-state index in [1.165, 1.54) is 19.3 Å². The number of benzene rings is 2. The molecule has 1 aliphatic rings. The van der Waals surface area contributed by atoms with E-state index in [0.29, 0.717) is 30.0 Å². The first-order chi connectivity index (χ1) is 19.3. The van der Waals surface area contributed by atoms with Gasteiger partial charge in [-0.3, -0.25) is 10.1 Å². The molecule has 1 aliphatic carbocycles. The summed E-state index contributed by atoms with van der Waals surface area (Å²) in [6.45, 7) is 1.51. The zero-order valence-corrected chi connectivity index (χ0v) is 23.0. The number of rotatable bonds is 13. The maximum Gasteiger partial charge on any atom is 0.371 e. The molecular formula is C29H30F2N2O6S. The Bertz CT molecular complexity index is 1380. The van der Waals surface area contributed by atoms with Gasteiger partial charge in [-0.05, 0) is 55.4 Å². The largest absolute Gasteiger partial charge is 0.496 e. The maximum atomic E-state index is 14.6. The van der Waals surface area contributed by atoms with E-state index in [9.17, 15) is 18.4 Å². The molecule has 8 nitrogen and oxygen atoms in total. The number of hydrogen-bond acceptors (Lipinski definition) is 7. The molecular weight excluding hydrogens is 542 g/mol. The molecule has 1 fully saturated rings. The van der Waals surface area contributed by atoms with Crippen molar-refractivity contribution in [2.24, 2.45) is 5.92 Å². The van der Waals surface area contributed by atoms with Crippen LogP contribution in [0, 0.1) is 17.6 Å². The number of hydrogen-bond donors (Lipinski definition) is 2. The average Bonchev–Trinajstić information content (AvgIpc) is 3.36. The molecule has 3 aromatic rings. The highest BCUT2D eigenvalue weighted by atomic mass is 32.1. The van der Waals surface area contributed by atoms with Crippen molar-refractivity contribution < 1.29 is 37.7 Å². The second-order valence-electron chi connectivity index (χ2n) is 9.34. The van der Waals surface area contributed by atoms with Crippen molar-refractivity contribution >= 4 is 34.4 Å². The maximum absolute atomic E-state index is 14.6. The predicted octanol–water partition coefficient (Wildman–Crippen LogP) is 6.17. The number of aromatic nitrogens is 1. The van der Waals surface area contributed by atoms with Gasteiger partial charge < -0.3 is 19.3 Å². The molecule has 1 amide bonds. The van der Waals surface area contributed by atoms with Gasteiger partial charge in [0.2, 0.25) is 5.76 Å². The molecule has 0 atom stereocenters. The molecule has 0 aliphatic heterocycles. The highest BCUT2D eigenvalue weighted by Gasteiger charge is 2.20. The molecule has 2 N–H and O–H groups in total. The molecule has 1 aromatic heterocycles. The number of carboxylic acids is 1. The lowest BCUT2D eigenvalue weighted by Crippen LogP contribution is -2.17. The summed E-state index contributed by atoms with van der Waals surface area (Å²) in [4.78, 5) is 28.3. The number of halogens is 2. The van der Waals surface area contributed by atoms with Crippen LogP contribution in [0.1, 0.15) is 47.2 Å². The molecule has 0 unspecified atom stereocenters. The summed E-state index contributed by atoms with van der Waals surface area (Å²) >= 11 is 1.16. The standard InChI is InChI=1S/C29H30F2N2O6S/c1-37-25(28(35)36)14-21-22(30)12-19(13-23(21)31)27(34)33-29-32-24(16-40-29)20-10-4-8-18(26(20)38-2)9-5-11-39-15-17-6-3-7-17/h4,8,10,12-14,16-17H,3,5-7,9,11,15H2,1-2H3,(H,35,36)(H,32,33,34)/b25-14+. The number of carbonyl (C=O) groups excluding carboxylic acids is 1. The van der Waals surface area contributed by atoms with Gasteiger partial charge in [-0.15, -0.1) is 11.3 Å². The number of methoxy groups -OCH3 is 2. The van der Waals surface area contributed by atoms with Gasteiger partial charge in [0, 0.05) is 41.4 Å². The number of aliphatic carboxylic acids is 1. The number of ether oxygens (including phenoxy) is 3. The first kappa shape index (κ1) is 29.2. The highest BCUT2D eigenvalue weighted by Crippen LogP contribution is 2.35. The van der Waals surface area contributed by atoms with Crippen LogP contribution in [0.15, 0.2) is 41.5 Å². The molecule has 212 valence electrons. The van der Waals surface area contributed by atoms with Crippen LogP contribution in [0.2, 0.25) is 0 Å². The summed E-state index contributed by atoms with van der Waals surface area (Å²) in [6.07, 6.45) is 6.16. The van der Waals surface area contributed by atoms with Gasteiger partial charge in [-0.25, -0.2) is 18.6 Å². The van der Waals surface area contributed by atoms with Crippen LogP contribution < -0.4 is 10.1 Å². The Balaban J connectivity index is 1.43. The zero-order chi connectivity index (χ0) is 28.6. The van der Waals surface area contributed by atoms with Gasteiger partial charge >= 0.3 is 5.97 Å². The number of anilines is 1. The monoisotopic (exact) mass is 572 g/mol. The van der Waals surface area contributed by atoms with Gasteiger partial charge in [0.25, 0.3) is 5.91 Å². The number of nitrogens with one attached hydrogen (secondary N) is 1. The minimum Gasteiger partial charge on any atom is -0.496 e. The topological polar surface area (TPSA) is 107 Å². The van der Waals surface area contributed by atoms with Crippen molar-refractivity contribution in [2.75, 3.05) is 32.8 Å².